The maximum absolute atomic E-state index is 6.17. The molecule has 0 bridgehead atoms. The zero-order valence-electron chi connectivity index (χ0n) is 15.2. The van der Waals surface area contributed by atoms with Crippen molar-refractivity contribution in [1.82, 2.24) is 14.6 Å². The van der Waals surface area contributed by atoms with Gasteiger partial charge in [-0.05, 0) is 29.8 Å². The van der Waals surface area contributed by atoms with Crippen LogP contribution < -0.4 is 4.74 Å². The molecule has 3 aromatic rings. The molecule has 0 amide bonds. The molecule has 1 aliphatic rings. The number of hydrogen-bond donors (Lipinski definition) is 0. The van der Waals surface area contributed by atoms with Gasteiger partial charge in [0.2, 0.25) is 0 Å². The molecule has 0 saturated carbocycles. The lowest BCUT2D eigenvalue weighted by Crippen LogP contribution is -2.41. The standard InChI is InChI=1S/C21H22ClN3O2/c1-24-21(15-25-12-11-23-16-25,17-5-3-2-4-6-17)13-20(27-24)14-26-19-9-7-18(22)8-10-19/h2-12,16,20H,13-15H2,1H3. The van der Waals surface area contributed by atoms with Gasteiger partial charge >= 0.3 is 0 Å². The first kappa shape index (κ1) is 18.0. The van der Waals surface area contributed by atoms with Crippen molar-refractivity contribution in [2.24, 2.45) is 0 Å². The van der Waals surface area contributed by atoms with E-state index in [0.29, 0.717) is 11.6 Å². The molecule has 6 heteroatoms. The summed E-state index contributed by atoms with van der Waals surface area (Å²) in [6.45, 7) is 1.23. The number of hydrogen-bond acceptors (Lipinski definition) is 4. The topological polar surface area (TPSA) is 39.5 Å². The summed E-state index contributed by atoms with van der Waals surface area (Å²) in [6, 6.07) is 17.9. The van der Waals surface area contributed by atoms with Crippen LogP contribution in [0, 0.1) is 0 Å². The summed E-state index contributed by atoms with van der Waals surface area (Å²) in [7, 11) is 1.99. The Kier molecular flexibility index (Phi) is 5.16. The molecule has 0 aliphatic carbocycles. The van der Waals surface area contributed by atoms with Crippen LogP contribution in [0.1, 0.15) is 12.0 Å². The predicted molar refractivity (Wildman–Crippen MR) is 105 cm³/mol. The van der Waals surface area contributed by atoms with E-state index in [0.717, 1.165) is 18.7 Å². The molecule has 1 fully saturated rings. The molecule has 0 radical (unpaired) electrons. The van der Waals surface area contributed by atoms with Crippen LogP contribution >= 0.6 is 11.6 Å². The second-order valence-corrected chi connectivity index (χ2v) is 7.26. The van der Waals surface area contributed by atoms with E-state index < -0.39 is 0 Å². The van der Waals surface area contributed by atoms with E-state index in [9.17, 15) is 0 Å². The van der Waals surface area contributed by atoms with Gasteiger partial charge in [0.05, 0.1) is 11.9 Å². The number of hydroxylamine groups is 2. The summed E-state index contributed by atoms with van der Waals surface area (Å²) in [5.41, 5.74) is 0.936. The van der Waals surface area contributed by atoms with Gasteiger partial charge in [0.1, 0.15) is 18.5 Å². The third kappa shape index (κ3) is 3.86. The highest BCUT2D eigenvalue weighted by atomic mass is 35.5. The smallest absolute Gasteiger partial charge is 0.119 e. The lowest BCUT2D eigenvalue weighted by Gasteiger charge is -2.34. The minimum absolute atomic E-state index is 0.0468. The van der Waals surface area contributed by atoms with Crippen molar-refractivity contribution in [3.8, 4) is 5.75 Å². The van der Waals surface area contributed by atoms with Gasteiger partial charge in [0.25, 0.3) is 0 Å². The van der Waals surface area contributed by atoms with E-state index in [-0.39, 0.29) is 11.6 Å². The Balaban J connectivity index is 1.53. The van der Waals surface area contributed by atoms with Crippen LogP contribution in [0.5, 0.6) is 5.75 Å². The highest BCUT2D eigenvalue weighted by molar-refractivity contribution is 6.30. The molecule has 0 spiro atoms. The predicted octanol–water partition coefficient (Wildman–Crippen LogP) is 4.15. The number of aromatic nitrogens is 2. The first-order valence-corrected chi connectivity index (χ1v) is 9.34. The van der Waals surface area contributed by atoms with Gasteiger partial charge in [-0.1, -0.05) is 41.9 Å². The molecule has 4 rings (SSSR count). The largest absolute Gasteiger partial charge is 0.491 e. The zero-order chi connectivity index (χ0) is 18.7. The second kappa shape index (κ2) is 7.72. The van der Waals surface area contributed by atoms with Crippen molar-refractivity contribution >= 4 is 11.6 Å². The Morgan fingerprint density at radius 3 is 2.67 bits per heavy atom. The lowest BCUT2D eigenvalue weighted by molar-refractivity contribution is -0.179. The van der Waals surface area contributed by atoms with Crippen LogP contribution in [0.25, 0.3) is 0 Å². The van der Waals surface area contributed by atoms with Gasteiger partial charge in [-0.3, -0.25) is 4.84 Å². The average molecular weight is 384 g/mol. The summed E-state index contributed by atoms with van der Waals surface area (Å²) in [5.74, 6) is 0.789. The maximum Gasteiger partial charge on any atom is 0.119 e. The number of nitrogens with zero attached hydrogens (tertiary/aromatic N) is 3. The van der Waals surface area contributed by atoms with Crippen LogP contribution in [-0.2, 0) is 16.9 Å². The first-order chi connectivity index (χ1) is 13.2. The summed E-state index contributed by atoms with van der Waals surface area (Å²) in [4.78, 5) is 10.4. The van der Waals surface area contributed by atoms with Crippen molar-refractivity contribution in [2.45, 2.75) is 24.6 Å². The second-order valence-electron chi connectivity index (χ2n) is 6.83. The Morgan fingerprint density at radius 2 is 1.96 bits per heavy atom. The van der Waals surface area contributed by atoms with Crippen molar-refractivity contribution in [1.29, 1.82) is 0 Å². The Bertz CT molecular complexity index is 855. The van der Waals surface area contributed by atoms with E-state index in [1.165, 1.54) is 5.56 Å². The summed E-state index contributed by atoms with van der Waals surface area (Å²) < 4.78 is 8.02. The van der Waals surface area contributed by atoms with E-state index in [1.54, 1.807) is 6.20 Å². The SMILES string of the molecule is CN1OC(COc2ccc(Cl)cc2)CC1(Cn1ccnc1)c1ccccc1. The Morgan fingerprint density at radius 1 is 1.19 bits per heavy atom. The summed E-state index contributed by atoms with van der Waals surface area (Å²) in [5, 5.41) is 2.67. The van der Waals surface area contributed by atoms with E-state index in [1.807, 2.05) is 55.0 Å². The Labute approximate surface area is 164 Å². The van der Waals surface area contributed by atoms with Crippen molar-refractivity contribution < 1.29 is 9.57 Å². The first-order valence-electron chi connectivity index (χ1n) is 8.96. The molecule has 0 N–H and O–H groups in total. The van der Waals surface area contributed by atoms with Crippen molar-refractivity contribution in [2.75, 3.05) is 13.7 Å². The number of halogens is 1. The van der Waals surface area contributed by atoms with Gasteiger partial charge < -0.3 is 9.30 Å². The van der Waals surface area contributed by atoms with Gasteiger partial charge in [0, 0.05) is 37.4 Å². The minimum Gasteiger partial charge on any atom is -0.491 e. The van der Waals surface area contributed by atoms with Gasteiger partial charge in [-0.15, -0.1) is 0 Å². The monoisotopic (exact) mass is 383 g/mol. The molecule has 2 unspecified atom stereocenters. The Hall–Kier alpha value is -2.34. The van der Waals surface area contributed by atoms with Gasteiger partial charge in [-0.25, -0.2) is 4.98 Å². The number of likely N-dealkylation sites (N-methyl/N-ethyl adjacent to an activating group) is 1. The molecule has 2 heterocycles. The average Bonchev–Trinajstić information content (AvgIpc) is 3.31. The molecule has 2 atom stereocenters. The molecular weight excluding hydrogens is 362 g/mol. The molecule has 1 saturated heterocycles. The van der Waals surface area contributed by atoms with E-state index in [2.05, 4.69) is 33.8 Å². The van der Waals surface area contributed by atoms with E-state index >= 15 is 0 Å². The molecule has 140 valence electrons. The number of ether oxygens (including phenoxy) is 1. The van der Waals surface area contributed by atoms with Crippen LogP contribution in [0.2, 0.25) is 5.02 Å². The highest BCUT2D eigenvalue weighted by Gasteiger charge is 2.47. The fourth-order valence-electron chi connectivity index (χ4n) is 3.66. The van der Waals surface area contributed by atoms with Crippen LogP contribution in [-0.4, -0.2) is 34.4 Å². The van der Waals surface area contributed by atoms with Crippen LogP contribution in [0.4, 0.5) is 0 Å². The highest BCUT2D eigenvalue weighted by Crippen LogP contribution is 2.41. The third-order valence-corrected chi connectivity index (χ3v) is 5.29. The number of rotatable bonds is 6. The fraction of sp³-hybridized carbons (Fsp3) is 0.286. The quantitative estimate of drug-likeness (QED) is 0.641. The lowest BCUT2D eigenvalue weighted by atomic mass is 9.85. The van der Waals surface area contributed by atoms with Crippen LogP contribution in [0.3, 0.4) is 0 Å². The number of benzene rings is 2. The minimum atomic E-state index is -0.282. The van der Waals surface area contributed by atoms with Crippen molar-refractivity contribution in [3.05, 3.63) is 83.9 Å². The van der Waals surface area contributed by atoms with Crippen LogP contribution in [0.15, 0.2) is 73.3 Å². The molecular formula is C21H22ClN3O2. The van der Waals surface area contributed by atoms with Gasteiger partial charge in [0.15, 0.2) is 0 Å². The molecule has 27 heavy (non-hydrogen) atoms. The zero-order valence-corrected chi connectivity index (χ0v) is 15.9. The van der Waals surface area contributed by atoms with E-state index in [4.69, 9.17) is 21.2 Å². The molecule has 5 nitrogen and oxygen atoms in total. The maximum atomic E-state index is 6.17. The van der Waals surface area contributed by atoms with Gasteiger partial charge in [-0.2, -0.15) is 5.06 Å². The third-order valence-electron chi connectivity index (χ3n) is 5.04. The molecule has 1 aliphatic heterocycles. The normalized spacial score (nSPS) is 22.8. The summed E-state index contributed by atoms with van der Waals surface area (Å²) in [6.07, 6.45) is 6.40. The fourth-order valence-corrected chi connectivity index (χ4v) is 3.79. The number of imidazole rings is 1. The molecule has 1 aromatic heterocycles. The van der Waals surface area contributed by atoms with Crippen molar-refractivity contribution in [3.63, 3.8) is 0 Å². The molecule has 2 aromatic carbocycles. The summed E-state index contributed by atoms with van der Waals surface area (Å²) >= 11 is 5.94.